The second kappa shape index (κ2) is 9.26. The molecule has 0 atom stereocenters. The van der Waals surface area contributed by atoms with Gasteiger partial charge in [0.1, 0.15) is 0 Å². The van der Waals surface area contributed by atoms with Crippen molar-refractivity contribution in [1.82, 2.24) is 5.32 Å². The third-order valence-electron chi connectivity index (χ3n) is 4.61. The molecular weight excluding hydrogens is 388 g/mol. The lowest BCUT2D eigenvalue weighted by Crippen LogP contribution is -2.27. The lowest BCUT2D eigenvalue weighted by Gasteiger charge is -2.22. The van der Waals surface area contributed by atoms with Gasteiger partial charge in [-0.05, 0) is 54.4 Å². The van der Waals surface area contributed by atoms with Gasteiger partial charge in [0.2, 0.25) is 0 Å². The summed E-state index contributed by atoms with van der Waals surface area (Å²) in [6.45, 7) is 0.423. The Morgan fingerprint density at radius 1 is 1.00 bits per heavy atom. The first-order valence-electron chi connectivity index (χ1n) is 9.14. The molecule has 0 aliphatic rings. The van der Waals surface area contributed by atoms with Crippen LogP contribution >= 0.6 is 11.6 Å². The van der Waals surface area contributed by atoms with Crippen molar-refractivity contribution < 1.29 is 14.7 Å². The van der Waals surface area contributed by atoms with E-state index in [4.69, 9.17) is 16.7 Å². The monoisotopic (exact) mass is 408 g/mol. The van der Waals surface area contributed by atoms with E-state index in [1.165, 1.54) is 0 Å². The van der Waals surface area contributed by atoms with E-state index in [1.54, 1.807) is 36.4 Å². The van der Waals surface area contributed by atoms with Crippen LogP contribution in [0.4, 0.5) is 11.4 Å². The van der Waals surface area contributed by atoms with Crippen molar-refractivity contribution in [1.29, 1.82) is 0 Å². The lowest BCUT2D eigenvalue weighted by molar-refractivity contribution is 0.0696. The molecule has 0 aromatic heterocycles. The molecular formula is C23H21ClN2O3. The summed E-state index contributed by atoms with van der Waals surface area (Å²) in [5, 5.41) is 12.4. The van der Waals surface area contributed by atoms with E-state index in [1.807, 2.05) is 48.3 Å². The summed E-state index contributed by atoms with van der Waals surface area (Å²) >= 11 is 6.14. The molecule has 0 fully saturated rings. The van der Waals surface area contributed by atoms with Crippen LogP contribution in [0.2, 0.25) is 5.02 Å². The molecule has 148 valence electrons. The van der Waals surface area contributed by atoms with E-state index in [-0.39, 0.29) is 11.5 Å². The Morgan fingerprint density at radius 2 is 1.69 bits per heavy atom. The number of hydrogen-bond acceptors (Lipinski definition) is 3. The number of nitrogens with zero attached hydrogens (tertiary/aromatic N) is 1. The van der Waals surface area contributed by atoms with Crippen molar-refractivity contribution >= 4 is 34.9 Å². The normalized spacial score (nSPS) is 10.4. The number of amides is 1. The van der Waals surface area contributed by atoms with Gasteiger partial charge in [0.15, 0.2) is 0 Å². The first-order valence-corrected chi connectivity index (χ1v) is 9.52. The summed E-state index contributed by atoms with van der Waals surface area (Å²) in [7, 11) is 1.90. The van der Waals surface area contributed by atoms with Crippen LogP contribution in [0.15, 0.2) is 72.8 Å². The third kappa shape index (κ3) is 5.15. The number of hydrogen-bond donors (Lipinski definition) is 2. The smallest absolute Gasteiger partial charge is 0.335 e. The van der Waals surface area contributed by atoms with E-state index in [9.17, 15) is 9.59 Å². The number of anilines is 2. The lowest BCUT2D eigenvalue weighted by atomic mass is 10.1. The Labute approximate surface area is 174 Å². The number of rotatable bonds is 7. The first kappa shape index (κ1) is 20.4. The van der Waals surface area contributed by atoms with Gasteiger partial charge in [0.25, 0.3) is 5.91 Å². The van der Waals surface area contributed by atoms with E-state index in [2.05, 4.69) is 5.32 Å². The molecule has 3 aromatic rings. The Bertz CT molecular complexity index is 1000. The van der Waals surface area contributed by atoms with Crippen molar-refractivity contribution in [2.75, 3.05) is 18.5 Å². The molecule has 0 unspecified atom stereocenters. The first-order chi connectivity index (χ1) is 14.0. The molecule has 3 aromatic carbocycles. The standard InChI is InChI=1S/C23H21ClN2O3/c1-26(19-5-3-2-4-6-19)21-12-11-18(24)15-20(21)22(27)25-14-13-16-7-9-17(10-8-16)23(28)29/h2-12,15H,13-14H2,1H3,(H,25,27)(H,28,29). The van der Waals surface area contributed by atoms with Crippen LogP contribution in [0.25, 0.3) is 0 Å². The topological polar surface area (TPSA) is 69.6 Å². The van der Waals surface area contributed by atoms with Gasteiger partial charge in [-0.15, -0.1) is 0 Å². The van der Waals surface area contributed by atoms with Crippen LogP contribution in [0, 0.1) is 0 Å². The molecule has 3 rings (SSSR count). The largest absolute Gasteiger partial charge is 0.478 e. The number of carboxylic acids is 1. The van der Waals surface area contributed by atoms with Crippen molar-refractivity contribution in [3.63, 3.8) is 0 Å². The molecule has 29 heavy (non-hydrogen) atoms. The fraction of sp³-hybridized carbons (Fsp3) is 0.130. The molecule has 0 saturated carbocycles. The van der Waals surface area contributed by atoms with Gasteiger partial charge in [-0.2, -0.15) is 0 Å². The highest BCUT2D eigenvalue weighted by Crippen LogP contribution is 2.29. The maximum Gasteiger partial charge on any atom is 0.335 e. The molecule has 6 heteroatoms. The molecule has 0 saturated heterocycles. The average molecular weight is 409 g/mol. The van der Waals surface area contributed by atoms with Gasteiger partial charge in [-0.25, -0.2) is 4.79 Å². The Hall–Kier alpha value is -3.31. The summed E-state index contributed by atoms with van der Waals surface area (Å²) in [5.41, 5.74) is 3.39. The van der Waals surface area contributed by atoms with Gasteiger partial charge >= 0.3 is 5.97 Å². The molecule has 0 aliphatic carbocycles. The zero-order chi connectivity index (χ0) is 20.8. The number of carboxylic acid groups (broad SMARTS) is 1. The Balaban J connectivity index is 1.70. The van der Waals surface area contributed by atoms with Crippen LogP contribution in [-0.4, -0.2) is 30.6 Å². The van der Waals surface area contributed by atoms with Crippen molar-refractivity contribution in [3.8, 4) is 0 Å². The fourth-order valence-corrected chi connectivity index (χ4v) is 3.17. The fourth-order valence-electron chi connectivity index (χ4n) is 3.00. The molecule has 2 N–H and O–H groups in total. The highest BCUT2D eigenvalue weighted by atomic mass is 35.5. The van der Waals surface area contributed by atoms with Crippen molar-refractivity contribution in [2.45, 2.75) is 6.42 Å². The minimum atomic E-state index is -0.958. The predicted molar refractivity (Wildman–Crippen MR) is 115 cm³/mol. The van der Waals surface area contributed by atoms with E-state index in [0.717, 1.165) is 16.9 Å². The minimum absolute atomic E-state index is 0.215. The highest BCUT2D eigenvalue weighted by molar-refractivity contribution is 6.31. The predicted octanol–water partition coefficient (Wildman–Crippen LogP) is 4.78. The minimum Gasteiger partial charge on any atom is -0.478 e. The van der Waals surface area contributed by atoms with E-state index < -0.39 is 5.97 Å². The summed E-state index contributed by atoms with van der Waals surface area (Å²) in [5.74, 6) is -1.17. The summed E-state index contributed by atoms with van der Waals surface area (Å²) in [4.78, 5) is 25.7. The van der Waals surface area contributed by atoms with Gasteiger partial charge in [-0.3, -0.25) is 4.79 Å². The Kier molecular flexibility index (Phi) is 6.52. The van der Waals surface area contributed by atoms with Gasteiger partial charge < -0.3 is 15.3 Å². The molecule has 0 radical (unpaired) electrons. The number of aromatic carboxylic acids is 1. The van der Waals surface area contributed by atoms with Gasteiger partial charge in [-0.1, -0.05) is 41.9 Å². The second-order valence-electron chi connectivity index (χ2n) is 6.56. The maximum atomic E-state index is 12.8. The number of carbonyl (C=O) groups is 2. The van der Waals surface area contributed by atoms with Crippen LogP contribution in [-0.2, 0) is 6.42 Å². The molecule has 0 bridgehead atoms. The second-order valence-corrected chi connectivity index (χ2v) is 7.00. The van der Waals surface area contributed by atoms with E-state index >= 15 is 0 Å². The summed E-state index contributed by atoms with van der Waals surface area (Å²) in [6, 6.07) is 21.6. The molecule has 0 heterocycles. The van der Waals surface area contributed by atoms with Gasteiger partial charge in [0.05, 0.1) is 16.8 Å². The van der Waals surface area contributed by atoms with E-state index in [0.29, 0.717) is 23.6 Å². The van der Waals surface area contributed by atoms with Gasteiger partial charge in [0, 0.05) is 24.3 Å². The SMILES string of the molecule is CN(c1ccccc1)c1ccc(Cl)cc1C(=O)NCCc1ccc(C(=O)O)cc1. The third-order valence-corrected chi connectivity index (χ3v) is 4.84. The summed E-state index contributed by atoms with van der Waals surface area (Å²) < 4.78 is 0. The molecule has 0 spiro atoms. The number of nitrogens with one attached hydrogen (secondary N) is 1. The molecule has 5 nitrogen and oxygen atoms in total. The van der Waals surface area contributed by atoms with Crippen LogP contribution < -0.4 is 10.2 Å². The molecule has 0 aliphatic heterocycles. The van der Waals surface area contributed by atoms with Crippen molar-refractivity contribution in [2.24, 2.45) is 0 Å². The van der Waals surface area contributed by atoms with Crippen LogP contribution in [0.3, 0.4) is 0 Å². The zero-order valence-corrected chi connectivity index (χ0v) is 16.7. The number of para-hydroxylation sites is 1. The quantitative estimate of drug-likeness (QED) is 0.590. The van der Waals surface area contributed by atoms with Crippen LogP contribution in [0.5, 0.6) is 0 Å². The zero-order valence-electron chi connectivity index (χ0n) is 15.9. The summed E-state index contributed by atoms with van der Waals surface area (Å²) in [6.07, 6.45) is 0.593. The maximum absolute atomic E-state index is 12.8. The number of benzene rings is 3. The van der Waals surface area contributed by atoms with Crippen LogP contribution in [0.1, 0.15) is 26.3 Å². The number of halogens is 1. The molecule has 1 amide bonds. The van der Waals surface area contributed by atoms with Crippen molar-refractivity contribution in [3.05, 3.63) is 94.5 Å². The average Bonchev–Trinajstić information content (AvgIpc) is 2.74. The number of carbonyl (C=O) groups excluding carboxylic acids is 1. The Morgan fingerprint density at radius 3 is 2.34 bits per heavy atom. The highest BCUT2D eigenvalue weighted by Gasteiger charge is 2.16.